The molecule has 1 N–H and O–H groups in total. The number of fused-ring (bicyclic) bond motifs is 1. The molecule has 23 heavy (non-hydrogen) atoms. The van der Waals surface area contributed by atoms with Crippen molar-refractivity contribution in [2.75, 3.05) is 0 Å². The molecule has 3 aliphatic rings. The largest absolute Gasteiger partial charge is 0.309 e. The van der Waals surface area contributed by atoms with E-state index in [2.05, 4.69) is 56.4 Å². The van der Waals surface area contributed by atoms with Gasteiger partial charge in [-0.1, -0.05) is 57.5 Å². The lowest BCUT2D eigenvalue weighted by molar-refractivity contribution is -0.0556. The average molecular weight is 312 g/mol. The molecular weight excluding hydrogens is 278 g/mol. The van der Waals surface area contributed by atoms with Gasteiger partial charge < -0.3 is 5.32 Å². The van der Waals surface area contributed by atoms with E-state index in [9.17, 15) is 0 Å². The van der Waals surface area contributed by atoms with Crippen LogP contribution in [0.5, 0.6) is 0 Å². The number of rotatable bonds is 3. The molecule has 4 atom stereocenters. The molecule has 4 rings (SSSR count). The molecule has 0 amide bonds. The van der Waals surface area contributed by atoms with E-state index in [0.29, 0.717) is 22.3 Å². The summed E-state index contributed by atoms with van der Waals surface area (Å²) in [5.74, 6) is 0.927. The van der Waals surface area contributed by atoms with Crippen molar-refractivity contribution in [3.05, 3.63) is 35.9 Å². The van der Waals surface area contributed by atoms with E-state index in [1.807, 2.05) is 0 Å². The summed E-state index contributed by atoms with van der Waals surface area (Å²) in [6, 6.07) is 11.7. The molecule has 0 heterocycles. The zero-order chi connectivity index (χ0) is 16.1. The fraction of sp³-hybridized carbons (Fsp3) is 0.727. The van der Waals surface area contributed by atoms with Crippen molar-refractivity contribution in [1.29, 1.82) is 0 Å². The first-order valence-electron chi connectivity index (χ1n) is 9.71. The maximum atomic E-state index is 4.02. The number of nitrogens with one attached hydrogen (secondary N) is 1. The molecule has 0 saturated heterocycles. The number of benzene rings is 1. The standard InChI is InChI=1S/C22H33N/c1-20(2)14-19(23-15-17-8-5-4-6-9-17)22-12-7-11-21(3,16-22)13-10-18(20)22/h4-6,8-9,18-19,23H,7,10-16H2,1-3H3/t18-,19-,21-,22-/m0/s1. The van der Waals surface area contributed by atoms with Crippen LogP contribution in [0.15, 0.2) is 30.3 Å². The summed E-state index contributed by atoms with van der Waals surface area (Å²) < 4.78 is 0. The zero-order valence-corrected chi connectivity index (χ0v) is 15.2. The zero-order valence-electron chi connectivity index (χ0n) is 15.2. The van der Waals surface area contributed by atoms with Gasteiger partial charge in [-0.25, -0.2) is 0 Å². The number of hydrogen-bond donors (Lipinski definition) is 1. The molecule has 126 valence electrons. The van der Waals surface area contributed by atoms with Crippen LogP contribution in [0.3, 0.4) is 0 Å². The highest BCUT2D eigenvalue weighted by molar-refractivity contribution is 5.17. The van der Waals surface area contributed by atoms with E-state index < -0.39 is 0 Å². The van der Waals surface area contributed by atoms with Gasteiger partial charge in [0, 0.05) is 12.6 Å². The van der Waals surface area contributed by atoms with Crippen LogP contribution in [-0.4, -0.2) is 6.04 Å². The first kappa shape index (κ1) is 15.7. The highest BCUT2D eigenvalue weighted by Crippen LogP contribution is 2.68. The van der Waals surface area contributed by atoms with Crippen LogP contribution < -0.4 is 5.32 Å². The Morgan fingerprint density at radius 1 is 1.04 bits per heavy atom. The van der Waals surface area contributed by atoms with Crippen LogP contribution >= 0.6 is 0 Å². The molecule has 1 heteroatoms. The van der Waals surface area contributed by atoms with Gasteiger partial charge in [0.2, 0.25) is 0 Å². The Kier molecular flexibility index (Phi) is 3.65. The quantitative estimate of drug-likeness (QED) is 0.771. The first-order chi connectivity index (χ1) is 10.9. The third-order valence-corrected chi connectivity index (χ3v) is 7.67. The van der Waals surface area contributed by atoms with E-state index in [-0.39, 0.29) is 0 Å². The Bertz CT molecular complexity index is 563. The molecule has 1 aromatic carbocycles. The Labute approximate surface area is 142 Å². The van der Waals surface area contributed by atoms with Crippen molar-refractivity contribution < 1.29 is 0 Å². The van der Waals surface area contributed by atoms with E-state index in [1.54, 1.807) is 0 Å². The normalized spacial score (nSPS) is 41.5. The average Bonchev–Trinajstić information content (AvgIpc) is 2.71. The lowest BCUT2D eigenvalue weighted by Crippen LogP contribution is -2.52. The van der Waals surface area contributed by atoms with Crippen LogP contribution in [-0.2, 0) is 6.54 Å². The Morgan fingerprint density at radius 3 is 2.61 bits per heavy atom. The second kappa shape index (κ2) is 5.34. The topological polar surface area (TPSA) is 12.0 Å². The highest BCUT2D eigenvalue weighted by Gasteiger charge is 2.62. The highest BCUT2D eigenvalue weighted by atomic mass is 15.0. The maximum Gasteiger partial charge on any atom is 0.0208 e. The summed E-state index contributed by atoms with van der Waals surface area (Å²) >= 11 is 0. The Hall–Kier alpha value is -0.820. The predicted molar refractivity (Wildman–Crippen MR) is 97.2 cm³/mol. The molecule has 3 fully saturated rings. The molecule has 1 spiro atoms. The SMILES string of the molecule is CC1(C)C[C@H](NCc2ccccc2)[C@]23CCC[C@@](C)(CC[C@@H]12)C3. The van der Waals surface area contributed by atoms with Crippen molar-refractivity contribution in [3.63, 3.8) is 0 Å². The lowest BCUT2D eigenvalue weighted by atomic mass is 9.49. The third-order valence-electron chi connectivity index (χ3n) is 7.67. The van der Waals surface area contributed by atoms with Crippen LogP contribution in [0.2, 0.25) is 0 Å². The van der Waals surface area contributed by atoms with Gasteiger partial charge in [0.15, 0.2) is 0 Å². The summed E-state index contributed by atoms with van der Waals surface area (Å²) in [6.07, 6.45) is 10.1. The molecule has 0 aromatic heterocycles. The van der Waals surface area contributed by atoms with Gasteiger partial charge in [-0.2, -0.15) is 0 Å². The monoisotopic (exact) mass is 311 g/mol. The molecule has 0 aliphatic heterocycles. The van der Waals surface area contributed by atoms with Crippen LogP contribution in [0.1, 0.15) is 71.3 Å². The summed E-state index contributed by atoms with van der Waals surface area (Å²) in [5, 5.41) is 4.02. The Morgan fingerprint density at radius 2 is 1.83 bits per heavy atom. The molecule has 0 radical (unpaired) electrons. The van der Waals surface area contributed by atoms with Gasteiger partial charge in [-0.3, -0.25) is 0 Å². The van der Waals surface area contributed by atoms with Crippen molar-refractivity contribution in [2.45, 2.75) is 78.3 Å². The van der Waals surface area contributed by atoms with E-state index in [0.717, 1.165) is 12.5 Å². The van der Waals surface area contributed by atoms with Gasteiger partial charge in [0.1, 0.15) is 0 Å². The van der Waals surface area contributed by atoms with Crippen LogP contribution in [0.4, 0.5) is 0 Å². The van der Waals surface area contributed by atoms with Gasteiger partial charge in [0.05, 0.1) is 0 Å². The van der Waals surface area contributed by atoms with Crippen LogP contribution in [0.25, 0.3) is 0 Å². The molecular formula is C22H33N. The molecule has 3 aliphatic carbocycles. The minimum atomic E-state index is 0.507. The summed E-state index contributed by atoms with van der Waals surface area (Å²) in [4.78, 5) is 0. The van der Waals surface area contributed by atoms with E-state index in [1.165, 1.54) is 50.5 Å². The third kappa shape index (κ3) is 2.56. The van der Waals surface area contributed by atoms with Gasteiger partial charge in [-0.05, 0) is 66.3 Å². The summed E-state index contributed by atoms with van der Waals surface area (Å²) in [5.41, 5.74) is 3.14. The molecule has 2 bridgehead atoms. The van der Waals surface area contributed by atoms with Crippen LogP contribution in [0, 0.1) is 22.2 Å². The van der Waals surface area contributed by atoms with Crippen molar-refractivity contribution in [2.24, 2.45) is 22.2 Å². The Balaban J connectivity index is 1.59. The summed E-state index contributed by atoms with van der Waals surface area (Å²) in [6.45, 7) is 8.69. The second-order valence-electron chi connectivity index (χ2n) is 9.78. The molecule has 3 saturated carbocycles. The lowest BCUT2D eigenvalue weighted by Gasteiger charge is -2.56. The van der Waals surface area contributed by atoms with E-state index in [4.69, 9.17) is 0 Å². The smallest absolute Gasteiger partial charge is 0.0208 e. The van der Waals surface area contributed by atoms with Crippen molar-refractivity contribution >= 4 is 0 Å². The second-order valence-corrected chi connectivity index (χ2v) is 9.78. The first-order valence-corrected chi connectivity index (χ1v) is 9.71. The predicted octanol–water partition coefficient (Wildman–Crippen LogP) is 5.55. The van der Waals surface area contributed by atoms with Crippen molar-refractivity contribution in [3.8, 4) is 0 Å². The molecule has 1 nitrogen and oxygen atoms in total. The number of hydrogen-bond acceptors (Lipinski definition) is 1. The molecule has 0 unspecified atom stereocenters. The summed E-state index contributed by atoms with van der Waals surface area (Å²) in [7, 11) is 0. The van der Waals surface area contributed by atoms with E-state index >= 15 is 0 Å². The van der Waals surface area contributed by atoms with Crippen molar-refractivity contribution in [1.82, 2.24) is 5.32 Å². The fourth-order valence-corrected chi connectivity index (χ4v) is 6.80. The van der Waals surface area contributed by atoms with Gasteiger partial charge in [0.25, 0.3) is 0 Å². The maximum absolute atomic E-state index is 4.02. The molecule has 1 aromatic rings. The minimum absolute atomic E-state index is 0.507. The van der Waals surface area contributed by atoms with Gasteiger partial charge in [-0.15, -0.1) is 0 Å². The van der Waals surface area contributed by atoms with Gasteiger partial charge >= 0.3 is 0 Å². The fourth-order valence-electron chi connectivity index (χ4n) is 6.80. The minimum Gasteiger partial charge on any atom is -0.309 e.